The fourth-order valence-electron chi connectivity index (χ4n) is 1.21. The summed E-state index contributed by atoms with van der Waals surface area (Å²) in [4.78, 5) is 0. The maximum absolute atomic E-state index is 12.4. The van der Waals surface area contributed by atoms with E-state index in [4.69, 9.17) is 11.2 Å². The normalized spacial score (nSPS) is 17.0. The molecule has 0 heterocycles. The van der Waals surface area contributed by atoms with Crippen molar-refractivity contribution in [3.8, 4) is 0 Å². The van der Waals surface area contributed by atoms with Crippen LogP contribution in [0.15, 0.2) is 0 Å². The van der Waals surface area contributed by atoms with Crippen molar-refractivity contribution in [2.75, 3.05) is 12.1 Å². The fraction of sp³-hybridized carbons (Fsp3) is 0.889. The van der Waals surface area contributed by atoms with Crippen molar-refractivity contribution < 1.29 is 4.39 Å². The Morgan fingerprint density at radius 1 is 1.12 bits per heavy atom. The van der Waals surface area contributed by atoms with E-state index in [-0.39, 0.29) is 48.8 Å². The van der Waals surface area contributed by atoms with Gasteiger partial charge in [0, 0.05) is 18.8 Å². The van der Waals surface area contributed by atoms with E-state index in [1.54, 1.807) is 0 Å². The van der Waals surface area contributed by atoms with Crippen molar-refractivity contribution in [3.05, 3.63) is 0 Å². The molecule has 0 fully saturated rings. The second kappa shape index (κ2) is 22.9. The molecule has 148 valence electrons. The summed E-state index contributed by atoms with van der Waals surface area (Å²) in [7, 11) is 15.0. The van der Waals surface area contributed by atoms with Gasteiger partial charge in [-0.1, -0.05) is 83.7 Å². The van der Waals surface area contributed by atoms with E-state index in [0.717, 1.165) is 36.5 Å². The summed E-state index contributed by atoms with van der Waals surface area (Å²) in [5.74, 6) is 1.35. The summed E-state index contributed by atoms with van der Waals surface area (Å²) in [6.07, 6.45) is 4.95. The smallest absolute Gasteiger partial charge is 0.162 e. The summed E-state index contributed by atoms with van der Waals surface area (Å²) >= 11 is 12.4. The Labute approximate surface area is 183 Å². The first kappa shape index (κ1) is 33.9. The number of rotatable bonds is 14. The van der Waals surface area contributed by atoms with Gasteiger partial charge in [-0.2, -0.15) is 4.39 Å². The quantitative estimate of drug-likeness (QED) is 0.0848. The minimum absolute atomic E-state index is 0. The Hall–Kier alpha value is 5.24. The maximum atomic E-state index is 12.4. The van der Waals surface area contributed by atoms with Crippen molar-refractivity contribution >= 4 is 128 Å². The van der Waals surface area contributed by atoms with Crippen molar-refractivity contribution in [3.63, 3.8) is 0 Å². The third-order valence-corrected chi connectivity index (χ3v) is 57.5. The zero-order valence-electron chi connectivity index (χ0n) is 11.9. The zero-order valence-corrected chi connectivity index (χ0v) is 25.5. The van der Waals surface area contributed by atoms with E-state index < -0.39 is 0 Å². The summed E-state index contributed by atoms with van der Waals surface area (Å²) in [6.45, 7) is 0.0125. The predicted octanol–water partition coefficient (Wildman–Crippen LogP) is 10.0. The molecule has 0 aliphatic heterocycles. The minimum atomic E-state index is -0.337. The third kappa shape index (κ3) is 19.2. The number of unbranched alkanes of at least 4 members (excludes halogenated alkanes) is 2. The third-order valence-electron chi connectivity index (χ3n) is 2.23. The van der Waals surface area contributed by atoms with Crippen LogP contribution in [0, 0.1) is 0 Å². The van der Waals surface area contributed by atoms with E-state index in [1.165, 1.54) is 18.5 Å². The van der Waals surface area contributed by atoms with E-state index >= 15 is 0 Å². The minimum Gasteiger partial charge on any atom is -0.199 e. The molecule has 11 atom stereocenters. The first-order valence-electron chi connectivity index (χ1n) is 6.19. The molecule has 0 aromatic rings. The van der Waals surface area contributed by atoms with Gasteiger partial charge in [0.15, 0.2) is 5.12 Å². The van der Waals surface area contributed by atoms with E-state index in [0.29, 0.717) is 6.42 Å². The molecule has 0 nitrogen and oxygen atoms in total. The molecule has 0 radical (unpaired) electrons. The maximum Gasteiger partial charge on any atom is 0.162 e. The molecule has 0 amide bonds. The van der Waals surface area contributed by atoms with Crippen LogP contribution in [-0.2, 0) is 19.9 Å². The van der Waals surface area contributed by atoms with Gasteiger partial charge in [0.25, 0.3) is 0 Å². The fourth-order valence-corrected chi connectivity index (χ4v) is 64.6. The van der Waals surface area contributed by atoms with Crippen LogP contribution in [-0.4, -0.2) is 17.2 Å². The molecule has 0 rings (SSSR count). The first-order chi connectivity index (χ1) is 10.4. The largest absolute Gasteiger partial charge is 0.199 e. The molecule has 0 N–H and O–H groups in total. The molecular weight excluding hydrogens is 565 g/mol. The summed E-state index contributed by atoms with van der Waals surface area (Å²) in [5.41, 5.74) is 0. The molecule has 0 aliphatic carbocycles. The van der Waals surface area contributed by atoms with Crippen LogP contribution in [0.4, 0.5) is 4.39 Å². The number of hydrogen-bond donors (Lipinski definition) is 0. The average molecular weight is 596 g/mol. The SMILES string of the molecule is C.C.FC(=S)CCCCCPSP(P)CP(PP)S(=S)P(P)PP. The topological polar surface area (TPSA) is 0 Å². The second-order valence-electron chi connectivity index (χ2n) is 3.90. The van der Waals surface area contributed by atoms with Crippen molar-refractivity contribution in [2.24, 2.45) is 0 Å². The Morgan fingerprint density at radius 2 is 1.75 bits per heavy atom. The molecule has 24 heavy (non-hydrogen) atoms. The molecule has 11 unspecified atom stereocenters. The first-order valence-corrected chi connectivity index (χ1v) is 28.2. The van der Waals surface area contributed by atoms with E-state index in [2.05, 4.69) is 58.9 Å². The van der Waals surface area contributed by atoms with Crippen LogP contribution >= 0.6 is 103 Å². The molecule has 0 aliphatic rings. The Balaban J connectivity index is -0.00000220. The van der Waals surface area contributed by atoms with Gasteiger partial charge in [0.2, 0.25) is 0 Å². The Kier molecular flexibility index (Phi) is 32.3. The van der Waals surface area contributed by atoms with E-state index in [1.807, 2.05) is 0 Å². The average Bonchev–Trinajstić information content (AvgIpc) is 2.49. The van der Waals surface area contributed by atoms with Gasteiger partial charge in [-0.3, -0.25) is 0 Å². The lowest BCUT2D eigenvalue weighted by Gasteiger charge is -2.24. The van der Waals surface area contributed by atoms with Crippen molar-refractivity contribution in [2.45, 2.75) is 40.5 Å². The summed E-state index contributed by atoms with van der Waals surface area (Å²) in [5, 5.41) is -0.337. The van der Waals surface area contributed by atoms with Crippen LogP contribution in [0.2, 0.25) is 0 Å². The van der Waals surface area contributed by atoms with Gasteiger partial charge in [0.1, 0.15) is 0 Å². The highest BCUT2D eigenvalue weighted by atomic mass is 33.5. The molecule has 0 saturated heterocycles. The van der Waals surface area contributed by atoms with Crippen LogP contribution in [0.5, 0.6) is 0 Å². The van der Waals surface area contributed by atoms with Gasteiger partial charge in [0.05, 0.1) is 0 Å². The second-order valence-corrected chi connectivity index (χ2v) is 40.6. The van der Waals surface area contributed by atoms with Gasteiger partial charge in [-0.25, -0.2) is 0 Å². The number of hydrogen-bond acceptors (Lipinski definition) is 3. The lowest BCUT2D eigenvalue weighted by Crippen LogP contribution is -1.85. The summed E-state index contributed by atoms with van der Waals surface area (Å²) < 4.78 is 12.4. The lowest BCUT2D eigenvalue weighted by molar-refractivity contribution is 0.704. The molecule has 0 aromatic heterocycles. The van der Waals surface area contributed by atoms with Gasteiger partial charge in [-0.15, -0.1) is 28.9 Å². The zero-order chi connectivity index (χ0) is 17.0. The molecule has 15 heteroatoms. The van der Waals surface area contributed by atoms with Crippen molar-refractivity contribution in [1.82, 2.24) is 0 Å². The summed E-state index contributed by atoms with van der Waals surface area (Å²) in [6, 6.07) is 0. The monoisotopic (exact) mass is 596 g/mol. The van der Waals surface area contributed by atoms with Crippen LogP contribution in [0.3, 0.4) is 0 Å². The Bertz CT molecular complexity index is 339. The molecule has 0 aromatic carbocycles. The molecule has 0 bridgehead atoms. The highest BCUT2D eigenvalue weighted by Crippen LogP contribution is 2.84. The van der Waals surface area contributed by atoms with Gasteiger partial charge < -0.3 is 0 Å². The lowest BCUT2D eigenvalue weighted by atomic mass is 10.2. The standard InChI is InChI=1S/C7H23FP10S4.2CH4/c8-7(19)4-2-1-3-5-13-21-16(11)6-17(14-9)22(20)18(12)15-10;;/h13-15H,1-6,9-12H2;2*1H4. The Morgan fingerprint density at radius 3 is 2.25 bits per heavy atom. The predicted molar refractivity (Wildman–Crippen MR) is 162 cm³/mol. The highest BCUT2D eigenvalue weighted by Gasteiger charge is 2.19. The highest BCUT2D eigenvalue weighted by molar-refractivity contribution is 9.15. The van der Waals surface area contributed by atoms with E-state index in [9.17, 15) is 4.39 Å². The van der Waals surface area contributed by atoms with Gasteiger partial charge >= 0.3 is 0 Å². The molecule has 0 saturated carbocycles. The van der Waals surface area contributed by atoms with Crippen LogP contribution in [0.1, 0.15) is 40.5 Å². The number of thiocarbonyl (C=S) groups is 1. The van der Waals surface area contributed by atoms with Gasteiger partial charge in [-0.05, 0) is 43.8 Å². The molecule has 0 spiro atoms. The number of halogens is 1. The molecular formula is C9H31FP10S4. The van der Waals surface area contributed by atoms with Crippen LogP contribution < -0.4 is 0 Å². The van der Waals surface area contributed by atoms with Crippen molar-refractivity contribution in [1.29, 1.82) is 0 Å². The van der Waals surface area contributed by atoms with Crippen LogP contribution in [0.25, 0.3) is 0 Å².